The Hall–Kier alpha value is -3.07. The molecular weight excluding hydrogens is 420 g/mol. The van der Waals surface area contributed by atoms with Crippen LogP contribution in [0.1, 0.15) is 32.6 Å². The summed E-state index contributed by atoms with van der Waals surface area (Å²) in [5.74, 6) is -2.40. The summed E-state index contributed by atoms with van der Waals surface area (Å²) < 4.78 is 33.0. The number of amides is 1. The van der Waals surface area contributed by atoms with E-state index in [1.807, 2.05) is 6.92 Å². The molecule has 1 aliphatic carbocycles. The molecule has 31 heavy (non-hydrogen) atoms. The molecule has 2 aromatic carbocycles. The highest BCUT2D eigenvalue weighted by molar-refractivity contribution is 7.92. The number of aliphatic carboxylic acids is 1. The maximum absolute atomic E-state index is 12.6. The molecule has 0 saturated heterocycles. The first kappa shape index (κ1) is 22.6. The van der Waals surface area contributed by atoms with E-state index in [0.29, 0.717) is 36.6 Å². The third kappa shape index (κ3) is 5.75. The first-order valence-electron chi connectivity index (χ1n) is 10.2. The molecule has 1 fully saturated rings. The van der Waals surface area contributed by atoms with Gasteiger partial charge in [0.1, 0.15) is 5.75 Å². The number of hydrogen-bond donors (Lipinski definition) is 2. The molecule has 0 spiro atoms. The van der Waals surface area contributed by atoms with Crippen LogP contribution in [0.3, 0.4) is 0 Å². The van der Waals surface area contributed by atoms with Crippen LogP contribution in [0.25, 0.3) is 0 Å². The third-order valence-electron chi connectivity index (χ3n) is 5.26. The van der Waals surface area contributed by atoms with Crippen LogP contribution in [0.15, 0.2) is 53.4 Å². The highest BCUT2D eigenvalue weighted by atomic mass is 32.2. The van der Waals surface area contributed by atoms with Gasteiger partial charge in [-0.1, -0.05) is 12.8 Å². The Morgan fingerprint density at radius 1 is 0.968 bits per heavy atom. The number of sulfonamides is 1. The summed E-state index contributed by atoms with van der Waals surface area (Å²) in [6.07, 6.45) is 2.46. The van der Waals surface area contributed by atoms with Crippen molar-refractivity contribution < 1.29 is 27.9 Å². The molecule has 8 nitrogen and oxygen atoms in total. The van der Waals surface area contributed by atoms with Crippen molar-refractivity contribution >= 4 is 33.3 Å². The topological polar surface area (TPSA) is 125 Å². The van der Waals surface area contributed by atoms with Gasteiger partial charge in [-0.2, -0.15) is 0 Å². The normalized spacial score (nSPS) is 18.7. The van der Waals surface area contributed by atoms with Crippen LogP contribution in [0.5, 0.6) is 5.75 Å². The minimum absolute atomic E-state index is 0.0321. The fourth-order valence-electron chi connectivity index (χ4n) is 3.68. The van der Waals surface area contributed by atoms with Crippen LogP contribution in [0.4, 0.5) is 11.4 Å². The minimum Gasteiger partial charge on any atom is -0.550 e. The molecule has 0 aromatic heterocycles. The number of ether oxygens (including phenoxy) is 1. The second-order valence-corrected chi connectivity index (χ2v) is 9.08. The van der Waals surface area contributed by atoms with Crippen molar-refractivity contribution in [1.29, 1.82) is 0 Å². The monoisotopic (exact) mass is 445 g/mol. The van der Waals surface area contributed by atoms with Gasteiger partial charge in [-0.15, -0.1) is 0 Å². The van der Waals surface area contributed by atoms with Crippen molar-refractivity contribution in [2.75, 3.05) is 16.6 Å². The summed E-state index contributed by atoms with van der Waals surface area (Å²) in [6.45, 7) is 2.38. The van der Waals surface area contributed by atoms with Crippen molar-refractivity contribution in [3.63, 3.8) is 0 Å². The molecule has 2 aromatic rings. The molecule has 1 saturated carbocycles. The van der Waals surface area contributed by atoms with E-state index in [-0.39, 0.29) is 4.90 Å². The number of carboxylic acid groups (broad SMARTS) is 1. The molecule has 0 heterocycles. The van der Waals surface area contributed by atoms with Crippen LogP contribution >= 0.6 is 0 Å². The number of carboxylic acids is 1. The molecule has 2 atom stereocenters. The second-order valence-electron chi connectivity index (χ2n) is 7.39. The zero-order valence-electron chi connectivity index (χ0n) is 17.2. The Morgan fingerprint density at radius 2 is 1.55 bits per heavy atom. The standard InChI is InChI=1S/C22H26N2O6S/c1-2-30-17-11-7-16(8-12-17)24-31(28,29)18-13-9-15(10-14-18)23-21(25)19-5-3-4-6-20(19)22(26)27/h7-14,19-20,24H,2-6H2,1H3,(H,23,25)(H,26,27)/p-1/t19-,20-/m0/s1. The number of carbonyl (C=O) groups is 2. The number of hydrogen-bond acceptors (Lipinski definition) is 6. The largest absolute Gasteiger partial charge is 0.550 e. The van der Waals surface area contributed by atoms with Gasteiger partial charge in [-0.25, -0.2) is 8.42 Å². The van der Waals surface area contributed by atoms with Gasteiger partial charge in [-0.05, 0) is 68.3 Å². The van der Waals surface area contributed by atoms with E-state index in [1.54, 1.807) is 24.3 Å². The lowest BCUT2D eigenvalue weighted by Crippen LogP contribution is -2.42. The molecule has 1 amide bonds. The molecule has 9 heteroatoms. The lowest BCUT2D eigenvalue weighted by atomic mass is 9.78. The van der Waals surface area contributed by atoms with Crippen molar-refractivity contribution in [2.45, 2.75) is 37.5 Å². The molecule has 0 radical (unpaired) electrons. The summed E-state index contributed by atoms with van der Waals surface area (Å²) in [5.41, 5.74) is 0.791. The van der Waals surface area contributed by atoms with Crippen LogP contribution in [-0.4, -0.2) is 26.9 Å². The lowest BCUT2D eigenvalue weighted by molar-refractivity contribution is -0.313. The van der Waals surface area contributed by atoms with Gasteiger partial charge >= 0.3 is 0 Å². The molecular formula is C22H25N2O6S-. The average molecular weight is 446 g/mol. The Labute approximate surface area is 181 Å². The molecule has 166 valence electrons. The quantitative estimate of drug-likeness (QED) is 0.643. The number of anilines is 2. The molecule has 3 rings (SSSR count). The van der Waals surface area contributed by atoms with E-state index in [4.69, 9.17) is 4.74 Å². The second kappa shape index (κ2) is 9.82. The summed E-state index contributed by atoms with van der Waals surface area (Å²) in [7, 11) is -3.81. The maximum atomic E-state index is 12.6. The number of nitrogens with one attached hydrogen (secondary N) is 2. The Morgan fingerprint density at radius 3 is 2.13 bits per heavy atom. The smallest absolute Gasteiger partial charge is 0.261 e. The van der Waals surface area contributed by atoms with Crippen molar-refractivity contribution in [3.8, 4) is 5.75 Å². The van der Waals surface area contributed by atoms with E-state index >= 15 is 0 Å². The van der Waals surface area contributed by atoms with Gasteiger partial charge in [0, 0.05) is 29.2 Å². The lowest BCUT2D eigenvalue weighted by Gasteiger charge is -2.31. The van der Waals surface area contributed by atoms with E-state index in [2.05, 4.69) is 10.0 Å². The highest BCUT2D eigenvalue weighted by Crippen LogP contribution is 2.31. The summed E-state index contributed by atoms with van der Waals surface area (Å²) in [5, 5.41) is 14.0. The highest BCUT2D eigenvalue weighted by Gasteiger charge is 2.31. The predicted octanol–water partition coefficient (Wildman–Crippen LogP) is 2.38. The Bertz CT molecular complexity index is 1020. The first-order chi connectivity index (χ1) is 14.8. The summed E-state index contributed by atoms with van der Waals surface area (Å²) in [6, 6.07) is 12.3. The molecule has 2 N–H and O–H groups in total. The van der Waals surface area contributed by atoms with E-state index in [9.17, 15) is 23.1 Å². The molecule has 1 aliphatic rings. The predicted molar refractivity (Wildman–Crippen MR) is 114 cm³/mol. The van der Waals surface area contributed by atoms with Gasteiger partial charge in [0.05, 0.1) is 11.5 Å². The van der Waals surface area contributed by atoms with Crippen LogP contribution < -0.4 is 19.9 Å². The minimum atomic E-state index is -3.81. The average Bonchev–Trinajstić information content (AvgIpc) is 2.75. The summed E-state index contributed by atoms with van der Waals surface area (Å²) >= 11 is 0. The zero-order valence-corrected chi connectivity index (χ0v) is 18.0. The van der Waals surface area contributed by atoms with Crippen LogP contribution in [0, 0.1) is 11.8 Å². The Kier molecular flexibility index (Phi) is 7.17. The number of benzene rings is 2. The van der Waals surface area contributed by atoms with Gasteiger partial charge < -0.3 is 20.0 Å². The first-order valence-corrected chi connectivity index (χ1v) is 11.7. The van der Waals surface area contributed by atoms with Gasteiger partial charge in [0.2, 0.25) is 5.91 Å². The van der Waals surface area contributed by atoms with Gasteiger partial charge in [0.15, 0.2) is 0 Å². The van der Waals surface area contributed by atoms with E-state index in [0.717, 1.165) is 12.8 Å². The SMILES string of the molecule is CCOc1ccc(NS(=O)(=O)c2ccc(NC(=O)[C@H]3CCCC[C@@H]3C(=O)[O-])cc2)cc1. The fraction of sp³-hybridized carbons (Fsp3) is 0.364. The van der Waals surface area contributed by atoms with Crippen molar-refractivity contribution in [3.05, 3.63) is 48.5 Å². The zero-order chi connectivity index (χ0) is 22.4. The van der Waals surface area contributed by atoms with Crippen molar-refractivity contribution in [1.82, 2.24) is 0 Å². The van der Waals surface area contributed by atoms with E-state index < -0.39 is 33.7 Å². The number of rotatable bonds is 8. The third-order valence-corrected chi connectivity index (χ3v) is 6.65. The van der Waals surface area contributed by atoms with Gasteiger partial charge in [0.25, 0.3) is 10.0 Å². The number of carbonyl (C=O) groups excluding carboxylic acids is 2. The molecule has 0 unspecified atom stereocenters. The Balaban J connectivity index is 1.66. The van der Waals surface area contributed by atoms with Crippen LogP contribution in [-0.2, 0) is 19.6 Å². The van der Waals surface area contributed by atoms with Crippen molar-refractivity contribution in [2.24, 2.45) is 11.8 Å². The molecule has 0 bridgehead atoms. The maximum Gasteiger partial charge on any atom is 0.261 e. The van der Waals surface area contributed by atoms with Crippen LogP contribution in [0.2, 0.25) is 0 Å². The molecule has 0 aliphatic heterocycles. The van der Waals surface area contributed by atoms with Gasteiger partial charge in [-0.3, -0.25) is 9.52 Å². The van der Waals surface area contributed by atoms with E-state index in [1.165, 1.54) is 24.3 Å². The fourth-order valence-corrected chi connectivity index (χ4v) is 4.74. The summed E-state index contributed by atoms with van der Waals surface area (Å²) in [4.78, 5) is 23.9.